The summed E-state index contributed by atoms with van der Waals surface area (Å²) in [5.74, 6) is 1.36. The first kappa shape index (κ1) is 18.5. The summed E-state index contributed by atoms with van der Waals surface area (Å²) >= 11 is 0. The number of carbonyl (C=O) groups excluding carboxylic acids is 1. The molecule has 1 aliphatic heterocycles. The molecule has 0 aromatic heterocycles. The zero-order valence-corrected chi connectivity index (χ0v) is 14.9. The van der Waals surface area contributed by atoms with Crippen LogP contribution in [0.15, 0.2) is 18.2 Å². The van der Waals surface area contributed by atoms with E-state index in [0.29, 0.717) is 31.0 Å². The fourth-order valence-electron chi connectivity index (χ4n) is 2.35. The molecule has 1 aromatic carbocycles. The van der Waals surface area contributed by atoms with E-state index in [0.717, 1.165) is 12.0 Å². The van der Waals surface area contributed by atoms with Gasteiger partial charge >= 0.3 is 0 Å². The number of unbranched alkanes of at least 4 members (excludes halogenated alkanes) is 1. The van der Waals surface area contributed by atoms with Gasteiger partial charge in [0.1, 0.15) is 0 Å². The molecule has 1 amide bonds. The standard InChI is InChI=1S/C16H24N2O5S/c1-3-4-9-24(20,21)17-7-8-18(13(2)19)11-14-5-6-15-16(10-14)23-12-22-15/h5-6,10,17H,3-4,7-9,11-12H2,1-2H3. The maximum Gasteiger partial charge on any atom is 0.231 e. The van der Waals surface area contributed by atoms with Gasteiger partial charge in [0.25, 0.3) is 0 Å². The van der Waals surface area contributed by atoms with Gasteiger partial charge in [-0.2, -0.15) is 0 Å². The number of hydrogen-bond donors (Lipinski definition) is 1. The Morgan fingerprint density at radius 1 is 1.29 bits per heavy atom. The average Bonchev–Trinajstić information content (AvgIpc) is 2.99. The van der Waals surface area contributed by atoms with Crippen molar-refractivity contribution >= 4 is 15.9 Å². The molecule has 0 aliphatic carbocycles. The van der Waals surface area contributed by atoms with Crippen molar-refractivity contribution in [3.05, 3.63) is 23.8 Å². The summed E-state index contributed by atoms with van der Waals surface area (Å²) in [5.41, 5.74) is 0.906. The quantitative estimate of drug-likeness (QED) is 0.724. The minimum Gasteiger partial charge on any atom is -0.454 e. The predicted octanol–water partition coefficient (Wildman–Crippen LogP) is 1.48. The molecule has 24 heavy (non-hydrogen) atoms. The van der Waals surface area contributed by atoms with E-state index in [4.69, 9.17) is 9.47 Å². The number of nitrogens with one attached hydrogen (secondary N) is 1. The average molecular weight is 356 g/mol. The lowest BCUT2D eigenvalue weighted by Crippen LogP contribution is -2.37. The van der Waals surface area contributed by atoms with Gasteiger partial charge in [0.2, 0.25) is 22.7 Å². The molecule has 1 aliphatic rings. The number of benzene rings is 1. The third-order valence-corrected chi connectivity index (χ3v) is 5.20. The summed E-state index contributed by atoms with van der Waals surface area (Å²) in [5, 5.41) is 0. The highest BCUT2D eigenvalue weighted by Gasteiger charge is 2.16. The predicted molar refractivity (Wildman–Crippen MR) is 90.4 cm³/mol. The van der Waals surface area contributed by atoms with Gasteiger partial charge in [-0.05, 0) is 24.1 Å². The second kappa shape index (κ2) is 8.34. The Hall–Kier alpha value is -1.80. The van der Waals surface area contributed by atoms with Crippen molar-refractivity contribution in [2.24, 2.45) is 0 Å². The van der Waals surface area contributed by atoms with E-state index in [1.54, 1.807) is 4.90 Å². The molecule has 0 spiro atoms. The molecule has 7 nitrogen and oxygen atoms in total. The summed E-state index contributed by atoms with van der Waals surface area (Å²) in [4.78, 5) is 13.4. The Morgan fingerprint density at radius 3 is 2.75 bits per heavy atom. The highest BCUT2D eigenvalue weighted by Crippen LogP contribution is 2.32. The highest BCUT2D eigenvalue weighted by atomic mass is 32.2. The molecule has 1 aromatic rings. The molecule has 1 heterocycles. The molecule has 134 valence electrons. The molecular formula is C16H24N2O5S. The maximum absolute atomic E-state index is 11.8. The summed E-state index contributed by atoms with van der Waals surface area (Å²) in [6.07, 6.45) is 1.45. The molecule has 0 radical (unpaired) electrons. The van der Waals surface area contributed by atoms with Crippen LogP contribution >= 0.6 is 0 Å². The minimum absolute atomic E-state index is 0.111. The Morgan fingerprint density at radius 2 is 2.04 bits per heavy atom. The van der Waals surface area contributed by atoms with Crippen LogP contribution in [0, 0.1) is 0 Å². The van der Waals surface area contributed by atoms with Gasteiger partial charge in [0.15, 0.2) is 11.5 Å². The lowest BCUT2D eigenvalue weighted by Gasteiger charge is -2.21. The second-order valence-electron chi connectivity index (χ2n) is 5.69. The van der Waals surface area contributed by atoms with E-state index < -0.39 is 10.0 Å². The van der Waals surface area contributed by atoms with Gasteiger partial charge in [0, 0.05) is 26.6 Å². The van der Waals surface area contributed by atoms with E-state index in [-0.39, 0.29) is 25.0 Å². The lowest BCUT2D eigenvalue weighted by atomic mass is 10.2. The largest absolute Gasteiger partial charge is 0.454 e. The van der Waals surface area contributed by atoms with Crippen LogP contribution in [0.25, 0.3) is 0 Å². The van der Waals surface area contributed by atoms with Gasteiger partial charge in [-0.15, -0.1) is 0 Å². The van der Waals surface area contributed by atoms with Crippen LogP contribution in [0.5, 0.6) is 11.5 Å². The number of sulfonamides is 1. The number of rotatable bonds is 9. The smallest absolute Gasteiger partial charge is 0.231 e. The fourth-order valence-corrected chi connectivity index (χ4v) is 3.57. The first-order chi connectivity index (χ1) is 11.4. The molecule has 1 N–H and O–H groups in total. The van der Waals surface area contributed by atoms with Crippen LogP contribution in [0.4, 0.5) is 0 Å². The lowest BCUT2D eigenvalue weighted by molar-refractivity contribution is -0.129. The van der Waals surface area contributed by atoms with Crippen molar-refractivity contribution in [2.75, 3.05) is 25.6 Å². The Bertz CT molecular complexity index is 675. The molecular weight excluding hydrogens is 332 g/mol. The molecule has 0 saturated carbocycles. The van der Waals surface area contributed by atoms with Gasteiger partial charge < -0.3 is 14.4 Å². The van der Waals surface area contributed by atoms with Crippen molar-refractivity contribution in [2.45, 2.75) is 33.2 Å². The van der Waals surface area contributed by atoms with Gasteiger partial charge in [-0.3, -0.25) is 4.79 Å². The van der Waals surface area contributed by atoms with E-state index in [1.165, 1.54) is 6.92 Å². The van der Waals surface area contributed by atoms with E-state index in [2.05, 4.69) is 4.72 Å². The fraction of sp³-hybridized carbons (Fsp3) is 0.562. The van der Waals surface area contributed by atoms with Crippen LogP contribution in [-0.4, -0.2) is 44.9 Å². The van der Waals surface area contributed by atoms with Crippen molar-refractivity contribution in [1.82, 2.24) is 9.62 Å². The zero-order chi connectivity index (χ0) is 17.6. The van der Waals surface area contributed by atoms with Crippen LogP contribution in [0.2, 0.25) is 0 Å². The SMILES string of the molecule is CCCCS(=O)(=O)NCCN(Cc1ccc2c(c1)OCO2)C(C)=O. The zero-order valence-electron chi connectivity index (χ0n) is 14.1. The summed E-state index contributed by atoms with van der Waals surface area (Å²) in [6, 6.07) is 5.52. The molecule has 8 heteroatoms. The Labute approximate surface area is 143 Å². The second-order valence-corrected chi connectivity index (χ2v) is 7.62. The maximum atomic E-state index is 11.8. The molecule has 0 bridgehead atoms. The van der Waals surface area contributed by atoms with Crippen molar-refractivity contribution in [3.8, 4) is 11.5 Å². The third kappa shape index (κ3) is 5.38. The number of hydrogen-bond acceptors (Lipinski definition) is 5. The topological polar surface area (TPSA) is 84.9 Å². The summed E-state index contributed by atoms with van der Waals surface area (Å²) in [7, 11) is -3.27. The molecule has 0 atom stereocenters. The normalized spacial score (nSPS) is 13.1. The van der Waals surface area contributed by atoms with E-state index >= 15 is 0 Å². The molecule has 0 saturated heterocycles. The molecule has 0 fully saturated rings. The molecule has 0 unspecified atom stereocenters. The van der Waals surface area contributed by atoms with Gasteiger partial charge in [-0.25, -0.2) is 13.1 Å². The highest BCUT2D eigenvalue weighted by molar-refractivity contribution is 7.89. The first-order valence-electron chi connectivity index (χ1n) is 8.02. The van der Waals surface area contributed by atoms with Crippen LogP contribution in [-0.2, 0) is 21.4 Å². The third-order valence-electron chi connectivity index (χ3n) is 3.73. The van der Waals surface area contributed by atoms with Crippen molar-refractivity contribution < 1.29 is 22.7 Å². The monoisotopic (exact) mass is 356 g/mol. The van der Waals surface area contributed by atoms with E-state index in [9.17, 15) is 13.2 Å². The number of carbonyl (C=O) groups is 1. The van der Waals surface area contributed by atoms with Crippen LogP contribution in [0.1, 0.15) is 32.3 Å². The summed E-state index contributed by atoms with van der Waals surface area (Å²) < 4.78 is 36.7. The van der Waals surface area contributed by atoms with Crippen molar-refractivity contribution in [1.29, 1.82) is 0 Å². The number of nitrogens with zero attached hydrogens (tertiary/aromatic N) is 1. The van der Waals surface area contributed by atoms with Crippen LogP contribution < -0.4 is 14.2 Å². The van der Waals surface area contributed by atoms with Crippen molar-refractivity contribution in [3.63, 3.8) is 0 Å². The minimum atomic E-state index is -3.27. The molecule has 2 rings (SSSR count). The number of ether oxygens (including phenoxy) is 2. The number of fused-ring (bicyclic) bond motifs is 1. The van der Waals surface area contributed by atoms with Gasteiger partial charge in [0.05, 0.1) is 5.75 Å². The summed E-state index contributed by atoms with van der Waals surface area (Å²) in [6.45, 7) is 4.53. The number of amides is 1. The van der Waals surface area contributed by atoms with Gasteiger partial charge in [-0.1, -0.05) is 19.4 Å². The van der Waals surface area contributed by atoms with E-state index in [1.807, 2.05) is 25.1 Å². The Kier molecular flexibility index (Phi) is 6.44. The first-order valence-corrected chi connectivity index (χ1v) is 9.68. The Balaban J connectivity index is 1.89. The van der Waals surface area contributed by atoms with Crippen LogP contribution in [0.3, 0.4) is 0 Å².